The molecule has 0 radical (unpaired) electrons. The smallest absolute Gasteiger partial charge is 0.405 e. The van der Waals surface area contributed by atoms with Gasteiger partial charge in [0.25, 0.3) is 0 Å². The molecular weight excluding hydrogens is 203 g/mol. The minimum absolute atomic E-state index is 0.261. The van der Waals surface area contributed by atoms with Crippen molar-refractivity contribution in [2.75, 3.05) is 19.7 Å². The zero-order chi connectivity index (χ0) is 11.2. The maximum Gasteiger partial charge on any atom is 0.405 e. The van der Waals surface area contributed by atoms with Gasteiger partial charge in [0.1, 0.15) is 6.54 Å². The van der Waals surface area contributed by atoms with Crippen LogP contribution in [0, 0.1) is 0 Å². The highest BCUT2D eigenvalue weighted by Crippen LogP contribution is 2.16. The minimum atomic E-state index is -4.42. The summed E-state index contributed by atoms with van der Waals surface area (Å²) in [5, 5.41) is 16.6. The standard InChI is InChI=1S/C7H10F3NO3/c8-7(9,10)5-11(3-4-12)2-1-6(13)14/h1-2,12H,3-5H2,(H,13,14)/b2-1+. The first kappa shape index (κ1) is 12.8. The van der Waals surface area contributed by atoms with Crippen molar-refractivity contribution in [3.8, 4) is 0 Å². The fourth-order valence-corrected chi connectivity index (χ4v) is 0.734. The zero-order valence-electron chi connectivity index (χ0n) is 7.16. The largest absolute Gasteiger partial charge is 0.478 e. The van der Waals surface area contributed by atoms with Crippen molar-refractivity contribution >= 4 is 5.97 Å². The summed E-state index contributed by atoms with van der Waals surface area (Å²) >= 11 is 0. The highest BCUT2D eigenvalue weighted by molar-refractivity contribution is 5.79. The van der Waals surface area contributed by atoms with Gasteiger partial charge in [-0.2, -0.15) is 13.2 Å². The van der Waals surface area contributed by atoms with Crippen LogP contribution in [0.4, 0.5) is 13.2 Å². The lowest BCUT2D eigenvalue weighted by atomic mass is 10.4. The summed E-state index contributed by atoms with van der Waals surface area (Å²) in [7, 11) is 0. The van der Waals surface area contributed by atoms with Gasteiger partial charge < -0.3 is 15.1 Å². The van der Waals surface area contributed by atoms with Gasteiger partial charge in [-0.15, -0.1) is 0 Å². The highest BCUT2D eigenvalue weighted by atomic mass is 19.4. The molecule has 7 heteroatoms. The molecule has 4 nitrogen and oxygen atoms in total. The predicted octanol–water partition coefficient (Wildman–Crippen LogP) is 0.441. The molecule has 0 saturated heterocycles. The number of aliphatic hydroxyl groups is 1. The Labute approximate surface area is 78.2 Å². The summed E-state index contributed by atoms with van der Waals surface area (Å²) in [4.78, 5) is 10.7. The van der Waals surface area contributed by atoms with Crippen molar-refractivity contribution in [2.45, 2.75) is 6.18 Å². The Hall–Kier alpha value is -1.24. The summed E-state index contributed by atoms with van der Waals surface area (Å²) in [5.74, 6) is -1.34. The fraction of sp³-hybridized carbons (Fsp3) is 0.571. The Bertz CT molecular complexity index is 215. The Morgan fingerprint density at radius 2 is 2.00 bits per heavy atom. The molecule has 14 heavy (non-hydrogen) atoms. The molecule has 0 aromatic carbocycles. The van der Waals surface area contributed by atoms with E-state index in [4.69, 9.17) is 10.2 Å². The van der Waals surface area contributed by atoms with E-state index in [1.54, 1.807) is 0 Å². The van der Waals surface area contributed by atoms with Crippen LogP contribution < -0.4 is 0 Å². The van der Waals surface area contributed by atoms with Crippen molar-refractivity contribution in [3.63, 3.8) is 0 Å². The number of aliphatic carboxylic acids is 1. The predicted molar refractivity (Wildman–Crippen MR) is 41.5 cm³/mol. The second kappa shape index (κ2) is 5.48. The zero-order valence-corrected chi connectivity index (χ0v) is 7.16. The number of aliphatic hydroxyl groups excluding tert-OH is 1. The average Bonchev–Trinajstić information content (AvgIpc) is 1.98. The van der Waals surface area contributed by atoms with E-state index in [-0.39, 0.29) is 6.54 Å². The van der Waals surface area contributed by atoms with E-state index in [1.807, 2.05) is 0 Å². The van der Waals surface area contributed by atoms with Gasteiger partial charge in [-0.25, -0.2) is 4.79 Å². The summed E-state index contributed by atoms with van der Waals surface area (Å²) in [5.41, 5.74) is 0. The number of nitrogens with zero attached hydrogens (tertiary/aromatic N) is 1. The van der Waals surface area contributed by atoms with E-state index in [0.717, 1.165) is 6.20 Å². The van der Waals surface area contributed by atoms with Crippen LogP contribution in [0.3, 0.4) is 0 Å². The number of rotatable bonds is 5. The van der Waals surface area contributed by atoms with E-state index in [2.05, 4.69) is 0 Å². The number of halogens is 3. The van der Waals surface area contributed by atoms with Crippen LogP contribution >= 0.6 is 0 Å². The van der Waals surface area contributed by atoms with Gasteiger partial charge >= 0.3 is 12.1 Å². The number of hydrogen-bond donors (Lipinski definition) is 2. The number of carboxylic acids is 1. The van der Waals surface area contributed by atoms with E-state index in [0.29, 0.717) is 11.0 Å². The molecule has 0 rings (SSSR count). The molecule has 0 aliphatic rings. The molecule has 0 atom stereocenters. The summed E-state index contributed by atoms with van der Waals surface area (Å²) in [6, 6.07) is 0. The number of alkyl halides is 3. The van der Waals surface area contributed by atoms with Gasteiger partial charge in [-0.05, 0) is 0 Å². The monoisotopic (exact) mass is 213 g/mol. The SMILES string of the molecule is O=C(O)/C=C/N(CCO)CC(F)(F)F. The molecule has 0 aliphatic carbocycles. The van der Waals surface area contributed by atoms with Crippen LogP contribution in [0.1, 0.15) is 0 Å². The third kappa shape index (κ3) is 7.41. The Balaban J connectivity index is 4.22. The Kier molecular flexibility index (Phi) is 5.00. The van der Waals surface area contributed by atoms with Crippen LogP contribution in [-0.4, -0.2) is 47.0 Å². The maximum atomic E-state index is 11.8. The van der Waals surface area contributed by atoms with Crippen molar-refractivity contribution in [1.82, 2.24) is 4.90 Å². The molecule has 0 aromatic heterocycles. The Morgan fingerprint density at radius 1 is 1.43 bits per heavy atom. The number of hydrogen-bond acceptors (Lipinski definition) is 3. The van der Waals surface area contributed by atoms with Gasteiger partial charge in [0.15, 0.2) is 0 Å². The summed E-state index contributed by atoms with van der Waals surface area (Å²) in [6.45, 7) is -2.01. The van der Waals surface area contributed by atoms with Crippen LogP contribution in [0.2, 0.25) is 0 Å². The van der Waals surface area contributed by atoms with Gasteiger partial charge in [-0.1, -0.05) is 0 Å². The van der Waals surface area contributed by atoms with Crippen molar-refractivity contribution < 1.29 is 28.2 Å². The molecule has 0 amide bonds. The van der Waals surface area contributed by atoms with Gasteiger partial charge in [-0.3, -0.25) is 0 Å². The van der Waals surface area contributed by atoms with E-state index < -0.39 is 25.3 Å². The average molecular weight is 213 g/mol. The molecular formula is C7H10F3NO3. The van der Waals surface area contributed by atoms with Crippen molar-refractivity contribution in [3.05, 3.63) is 12.3 Å². The van der Waals surface area contributed by atoms with E-state index in [1.165, 1.54) is 0 Å². The normalized spacial score (nSPS) is 12.0. The van der Waals surface area contributed by atoms with E-state index in [9.17, 15) is 18.0 Å². The molecule has 0 fully saturated rings. The minimum Gasteiger partial charge on any atom is -0.478 e. The molecule has 0 aromatic rings. The number of carboxylic acid groups (broad SMARTS) is 1. The van der Waals surface area contributed by atoms with Crippen molar-refractivity contribution in [1.29, 1.82) is 0 Å². The van der Waals surface area contributed by atoms with Gasteiger partial charge in [0.05, 0.1) is 6.61 Å². The first-order chi connectivity index (χ1) is 6.35. The van der Waals surface area contributed by atoms with E-state index >= 15 is 0 Å². The van der Waals surface area contributed by atoms with Crippen LogP contribution in [0.15, 0.2) is 12.3 Å². The second-order valence-electron chi connectivity index (χ2n) is 2.46. The molecule has 0 aliphatic heterocycles. The van der Waals surface area contributed by atoms with Crippen LogP contribution in [0.5, 0.6) is 0 Å². The maximum absolute atomic E-state index is 11.8. The van der Waals surface area contributed by atoms with Crippen molar-refractivity contribution in [2.24, 2.45) is 0 Å². The highest BCUT2D eigenvalue weighted by Gasteiger charge is 2.29. The number of carbonyl (C=O) groups is 1. The molecule has 0 bridgehead atoms. The lowest BCUT2D eigenvalue weighted by molar-refractivity contribution is -0.141. The lowest BCUT2D eigenvalue weighted by Gasteiger charge is -2.20. The lowest BCUT2D eigenvalue weighted by Crippen LogP contribution is -2.32. The molecule has 82 valence electrons. The van der Waals surface area contributed by atoms with Gasteiger partial charge in [0, 0.05) is 18.8 Å². The first-order valence-corrected chi connectivity index (χ1v) is 3.68. The van der Waals surface area contributed by atoms with Crippen LogP contribution in [0.25, 0.3) is 0 Å². The molecule has 0 spiro atoms. The summed E-state index contributed by atoms with van der Waals surface area (Å²) in [6.07, 6.45) is -3.05. The third-order valence-corrected chi connectivity index (χ3v) is 1.20. The molecule has 0 heterocycles. The molecule has 0 unspecified atom stereocenters. The first-order valence-electron chi connectivity index (χ1n) is 3.68. The quantitative estimate of drug-likeness (QED) is 0.650. The topological polar surface area (TPSA) is 60.8 Å². The van der Waals surface area contributed by atoms with Crippen LogP contribution in [-0.2, 0) is 4.79 Å². The molecule has 0 saturated carbocycles. The molecule has 2 N–H and O–H groups in total. The van der Waals surface area contributed by atoms with Gasteiger partial charge in [0.2, 0.25) is 0 Å². The third-order valence-electron chi connectivity index (χ3n) is 1.20. The second-order valence-corrected chi connectivity index (χ2v) is 2.46. The summed E-state index contributed by atoms with van der Waals surface area (Å²) < 4.78 is 35.5. The Morgan fingerprint density at radius 3 is 2.36 bits per heavy atom. The fourth-order valence-electron chi connectivity index (χ4n) is 0.734.